The summed E-state index contributed by atoms with van der Waals surface area (Å²) in [4.78, 5) is 22.5. The lowest BCUT2D eigenvalue weighted by atomic mass is 10.2. The summed E-state index contributed by atoms with van der Waals surface area (Å²) >= 11 is 0. The minimum absolute atomic E-state index is 0.167. The van der Waals surface area contributed by atoms with Crippen molar-refractivity contribution in [2.24, 2.45) is 5.92 Å². The first-order valence-electron chi connectivity index (χ1n) is 4.23. The Morgan fingerprint density at radius 1 is 1.36 bits per heavy atom. The fourth-order valence-electron chi connectivity index (χ4n) is 1.38. The van der Waals surface area contributed by atoms with Gasteiger partial charge in [0.25, 0.3) is 5.91 Å². The Hall–Kier alpha value is -1.07. The molecule has 0 aromatic rings. The molecule has 1 fully saturated rings. The molecular weight excluding hydrogens is 199 g/mol. The van der Waals surface area contributed by atoms with Crippen molar-refractivity contribution >= 4 is 11.7 Å². The Kier molecular flexibility index (Phi) is 2.82. The maximum absolute atomic E-state index is 11.9. The average Bonchev–Trinajstić information content (AvgIpc) is 2.47. The van der Waals surface area contributed by atoms with Gasteiger partial charge in [-0.15, -0.1) is 0 Å². The highest BCUT2D eigenvalue weighted by Gasteiger charge is 2.46. The molecule has 1 saturated heterocycles. The summed E-state index contributed by atoms with van der Waals surface area (Å²) in [5, 5.41) is 0. The number of alkyl halides is 3. The van der Waals surface area contributed by atoms with Crippen LogP contribution in [0.15, 0.2) is 0 Å². The Morgan fingerprint density at radius 3 is 2.29 bits per heavy atom. The Labute approximate surface area is 78.9 Å². The van der Waals surface area contributed by atoms with E-state index in [1.807, 2.05) is 6.92 Å². The van der Waals surface area contributed by atoms with Crippen LogP contribution in [0.25, 0.3) is 0 Å². The van der Waals surface area contributed by atoms with Gasteiger partial charge in [-0.2, -0.15) is 13.2 Å². The molecular formula is C8H10F3NO2. The van der Waals surface area contributed by atoms with Crippen LogP contribution in [-0.4, -0.2) is 35.9 Å². The molecule has 0 radical (unpaired) electrons. The molecule has 1 aliphatic rings. The van der Waals surface area contributed by atoms with Crippen LogP contribution in [0.2, 0.25) is 0 Å². The summed E-state index contributed by atoms with van der Waals surface area (Å²) in [6, 6.07) is 0. The van der Waals surface area contributed by atoms with Crippen LogP contribution in [0.4, 0.5) is 13.2 Å². The van der Waals surface area contributed by atoms with Gasteiger partial charge in [-0.05, 0) is 12.3 Å². The molecule has 1 unspecified atom stereocenters. The monoisotopic (exact) mass is 209 g/mol. The largest absolute Gasteiger partial charge is 0.460 e. The van der Waals surface area contributed by atoms with Crippen LogP contribution >= 0.6 is 0 Å². The molecule has 0 bridgehead atoms. The smallest absolute Gasteiger partial charge is 0.336 e. The van der Waals surface area contributed by atoms with Gasteiger partial charge in [0, 0.05) is 13.1 Å². The predicted octanol–water partition coefficient (Wildman–Crippen LogP) is 0.986. The predicted molar refractivity (Wildman–Crippen MR) is 41.4 cm³/mol. The van der Waals surface area contributed by atoms with E-state index in [-0.39, 0.29) is 19.0 Å². The number of ketones is 1. The van der Waals surface area contributed by atoms with Gasteiger partial charge in [0.2, 0.25) is 0 Å². The van der Waals surface area contributed by atoms with E-state index in [9.17, 15) is 22.8 Å². The molecule has 0 aliphatic carbocycles. The zero-order valence-electron chi connectivity index (χ0n) is 7.60. The molecule has 1 heterocycles. The van der Waals surface area contributed by atoms with Gasteiger partial charge in [-0.1, -0.05) is 6.92 Å². The molecule has 0 spiro atoms. The van der Waals surface area contributed by atoms with Gasteiger partial charge in [-0.3, -0.25) is 9.59 Å². The number of amides is 1. The van der Waals surface area contributed by atoms with E-state index >= 15 is 0 Å². The fourth-order valence-corrected chi connectivity index (χ4v) is 1.38. The Morgan fingerprint density at radius 2 is 1.93 bits per heavy atom. The topological polar surface area (TPSA) is 37.4 Å². The molecule has 1 atom stereocenters. The number of halogens is 3. The number of carbonyl (C=O) groups excluding carboxylic acids is 2. The van der Waals surface area contributed by atoms with E-state index in [4.69, 9.17) is 0 Å². The van der Waals surface area contributed by atoms with Crippen molar-refractivity contribution in [1.82, 2.24) is 4.90 Å². The van der Waals surface area contributed by atoms with Crippen molar-refractivity contribution in [3.05, 3.63) is 0 Å². The third kappa shape index (κ3) is 2.24. The van der Waals surface area contributed by atoms with Gasteiger partial charge in [0.05, 0.1) is 0 Å². The fraction of sp³-hybridized carbons (Fsp3) is 0.750. The first kappa shape index (κ1) is 11.0. The Bertz CT molecular complexity index is 262. The SMILES string of the molecule is CC1CCN(C(=O)C(=O)C(F)(F)F)C1. The first-order chi connectivity index (χ1) is 6.32. The molecule has 6 heteroatoms. The third-order valence-electron chi connectivity index (χ3n) is 2.16. The van der Waals surface area contributed by atoms with Crippen molar-refractivity contribution in [2.75, 3.05) is 13.1 Å². The van der Waals surface area contributed by atoms with E-state index in [1.54, 1.807) is 0 Å². The van der Waals surface area contributed by atoms with Crippen LogP contribution in [0, 0.1) is 5.92 Å². The quantitative estimate of drug-likeness (QED) is 0.604. The second kappa shape index (κ2) is 3.59. The number of likely N-dealkylation sites (tertiary alicyclic amines) is 1. The second-order valence-electron chi connectivity index (χ2n) is 3.47. The van der Waals surface area contributed by atoms with Gasteiger partial charge < -0.3 is 4.90 Å². The van der Waals surface area contributed by atoms with E-state index in [2.05, 4.69) is 0 Å². The standard InChI is InChI=1S/C8H10F3NO2/c1-5-2-3-12(4-5)7(14)6(13)8(9,10)11/h5H,2-4H2,1H3. The van der Waals surface area contributed by atoms with Crippen LogP contribution < -0.4 is 0 Å². The summed E-state index contributed by atoms with van der Waals surface area (Å²) in [5.41, 5.74) is 0. The first-order valence-corrected chi connectivity index (χ1v) is 4.23. The maximum Gasteiger partial charge on any atom is 0.460 e. The summed E-state index contributed by atoms with van der Waals surface area (Å²) in [6.07, 6.45) is -4.40. The molecule has 80 valence electrons. The molecule has 0 N–H and O–H groups in total. The average molecular weight is 209 g/mol. The summed E-state index contributed by atoms with van der Waals surface area (Å²) < 4.78 is 35.6. The summed E-state index contributed by atoms with van der Waals surface area (Å²) in [5.74, 6) is -3.53. The van der Waals surface area contributed by atoms with Crippen molar-refractivity contribution < 1.29 is 22.8 Å². The zero-order chi connectivity index (χ0) is 10.9. The number of nitrogens with zero attached hydrogens (tertiary/aromatic N) is 1. The van der Waals surface area contributed by atoms with E-state index in [0.29, 0.717) is 6.42 Å². The maximum atomic E-state index is 11.9. The van der Waals surface area contributed by atoms with Crippen LogP contribution in [0.1, 0.15) is 13.3 Å². The number of hydrogen-bond donors (Lipinski definition) is 0. The zero-order valence-corrected chi connectivity index (χ0v) is 7.60. The molecule has 14 heavy (non-hydrogen) atoms. The van der Waals surface area contributed by atoms with E-state index < -0.39 is 17.9 Å². The molecule has 0 aromatic heterocycles. The highest BCUT2D eigenvalue weighted by molar-refractivity contribution is 6.38. The lowest BCUT2D eigenvalue weighted by Gasteiger charge is -2.15. The molecule has 3 nitrogen and oxygen atoms in total. The highest BCUT2D eigenvalue weighted by atomic mass is 19.4. The van der Waals surface area contributed by atoms with Crippen molar-refractivity contribution in [3.63, 3.8) is 0 Å². The third-order valence-corrected chi connectivity index (χ3v) is 2.16. The lowest BCUT2D eigenvalue weighted by molar-refractivity contribution is -0.178. The van der Waals surface area contributed by atoms with Crippen LogP contribution in [0.5, 0.6) is 0 Å². The number of rotatable bonds is 1. The van der Waals surface area contributed by atoms with Gasteiger partial charge in [0.1, 0.15) is 0 Å². The normalized spacial score (nSPS) is 22.6. The number of carbonyl (C=O) groups is 2. The lowest BCUT2D eigenvalue weighted by Crippen LogP contribution is -2.41. The molecule has 0 saturated carbocycles. The minimum Gasteiger partial charge on any atom is -0.336 e. The van der Waals surface area contributed by atoms with Crippen molar-refractivity contribution in [1.29, 1.82) is 0 Å². The minimum atomic E-state index is -5.05. The Balaban J connectivity index is 2.63. The van der Waals surface area contributed by atoms with Gasteiger partial charge in [0.15, 0.2) is 0 Å². The van der Waals surface area contributed by atoms with Crippen LogP contribution in [-0.2, 0) is 9.59 Å². The second-order valence-corrected chi connectivity index (χ2v) is 3.47. The van der Waals surface area contributed by atoms with Gasteiger partial charge in [-0.25, -0.2) is 0 Å². The van der Waals surface area contributed by atoms with Crippen LogP contribution in [0.3, 0.4) is 0 Å². The van der Waals surface area contributed by atoms with E-state index in [0.717, 1.165) is 4.90 Å². The molecule has 0 aromatic carbocycles. The molecule has 1 rings (SSSR count). The van der Waals surface area contributed by atoms with Crippen molar-refractivity contribution in [3.8, 4) is 0 Å². The molecule has 1 aliphatic heterocycles. The highest BCUT2D eigenvalue weighted by Crippen LogP contribution is 2.21. The number of hydrogen-bond acceptors (Lipinski definition) is 2. The summed E-state index contributed by atoms with van der Waals surface area (Å²) in [6.45, 7) is 2.30. The van der Waals surface area contributed by atoms with Crippen molar-refractivity contribution in [2.45, 2.75) is 19.5 Å². The summed E-state index contributed by atoms with van der Waals surface area (Å²) in [7, 11) is 0. The molecule has 1 amide bonds. The van der Waals surface area contributed by atoms with Gasteiger partial charge >= 0.3 is 12.0 Å². The number of Topliss-reactive ketones (excluding diaryl/α,β-unsaturated/α-hetero) is 1. The van der Waals surface area contributed by atoms with E-state index in [1.165, 1.54) is 0 Å².